The fourth-order valence-electron chi connectivity index (χ4n) is 3.88. The van der Waals surface area contributed by atoms with Crippen molar-refractivity contribution in [1.82, 2.24) is 9.55 Å². The Labute approximate surface area is 163 Å². The minimum atomic E-state index is 0.0726. The van der Waals surface area contributed by atoms with E-state index in [1.165, 1.54) is 10.4 Å². The predicted octanol–water partition coefficient (Wildman–Crippen LogP) is 4.69. The lowest BCUT2D eigenvalue weighted by molar-refractivity contribution is 0.218. The van der Waals surface area contributed by atoms with E-state index in [2.05, 4.69) is 25.8 Å². The van der Waals surface area contributed by atoms with Crippen LogP contribution >= 0.6 is 11.3 Å². The molecule has 27 heavy (non-hydrogen) atoms. The predicted molar refractivity (Wildman–Crippen MR) is 111 cm³/mol. The van der Waals surface area contributed by atoms with Gasteiger partial charge < -0.3 is 4.74 Å². The van der Waals surface area contributed by atoms with Crippen LogP contribution in [0.5, 0.6) is 5.75 Å². The molecule has 2 heterocycles. The first-order chi connectivity index (χ1) is 12.9. The smallest absolute Gasteiger partial charge is 0.262 e. The van der Waals surface area contributed by atoms with Crippen molar-refractivity contribution < 1.29 is 4.74 Å². The Morgan fingerprint density at radius 2 is 2.04 bits per heavy atom. The second-order valence-corrected chi connectivity index (χ2v) is 9.48. The topological polar surface area (TPSA) is 44.1 Å². The third-order valence-corrected chi connectivity index (χ3v) is 6.77. The first kappa shape index (κ1) is 18.2. The number of ether oxygens (including phenoxy) is 1. The summed E-state index contributed by atoms with van der Waals surface area (Å²) in [7, 11) is 0. The molecule has 5 heteroatoms. The van der Waals surface area contributed by atoms with Gasteiger partial charge in [0, 0.05) is 4.88 Å². The van der Waals surface area contributed by atoms with Crippen molar-refractivity contribution in [2.24, 2.45) is 11.3 Å². The van der Waals surface area contributed by atoms with Gasteiger partial charge in [-0.05, 0) is 48.3 Å². The SMILES string of the molecule is CC(C)(C)[C@H]1CCc2c(sc3ncn(CCOc4ccccc4)c(=O)c23)C1. The number of aromatic nitrogens is 2. The molecule has 0 spiro atoms. The molecule has 0 fully saturated rings. The van der Waals surface area contributed by atoms with Crippen molar-refractivity contribution in [3.05, 3.63) is 57.5 Å². The van der Waals surface area contributed by atoms with Crippen LogP contribution in [0.1, 0.15) is 37.6 Å². The first-order valence-corrected chi connectivity index (χ1v) is 10.4. The average Bonchev–Trinajstić information content (AvgIpc) is 3.02. The lowest BCUT2D eigenvalue weighted by Gasteiger charge is -2.33. The van der Waals surface area contributed by atoms with Crippen LogP contribution in [0.4, 0.5) is 0 Å². The molecular formula is C22H26N2O2S. The van der Waals surface area contributed by atoms with E-state index in [1.54, 1.807) is 22.2 Å². The van der Waals surface area contributed by atoms with Crippen LogP contribution in [0.2, 0.25) is 0 Å². The summed E-state index contributed by atoms with van der Waals surface area (Å²) in [6.45, 7) is 7.90. The molecule has 0 saturated heterocycles. The maximum atomic E-state index is 13.1. The Bertz CT molecular complexity index is 999. The van der Waals surface area contributed by atoms with E-state index >= 15 is 0 Å². The Hall–Kier alpha value is -2.14. The number of nitrogens with zero attached hydrogens (tertiary/aromatic N) is 2. The first-order valence-electron chi connectivity index (χ1n) is 9.61. The number of rotatable bonds is 4. The Balaban J connectivity index is 1.57. The summed E-state index contributed by atoms with van der Waals surface area (Å²) in [5.41, 5.74) is 1.62. The van der Waals surface area contributed by atoms with Gasteiger partial charge in [-0.15, -0.1) is 11.3 Å². The number of benzene rings is 1. The summed E-state index contributed by atoms with van der Waals surface area (Å²) in [5.74, 6) is 1.49. The number of thiophene rings is 1. The molecule has 3 aromatic rings. The van der Waals surface area contributed by atoms with Crippen molar-refractivity contribution in [2.75, 3.05) is 6.61 Å². The standard InChI is InChI=1S/C22H26N2O2S/c1-22(2,3)15-9-10-17-18(13-15)27-20-19(17)21(25)24(14-23-20)11-12-26-16-7-5-4-6-8-16/h4-8,14-15H,9-13H2,1-3H3/t15-/m0/s1. The lowest BCUT2D eigenvalue weighted by atomic mass is 9.72. The fourth-order valence-corrected chi connectivity index (χ4v) is 5.14. The monoisotopic (exact) mass is 382 g/mol. The zero-order valence-corrected chi connectivity index (χ0v) is 17.0. The minimum Gasteiger partial charge on any atom is -0.492 e. The van der Waals surface area contributed by atoms with Gasteiger partial charge in [-0.25, -0.2) is 4.98 Å². The minimum absolute atomic E-state index is 0.0726. The number of fused-ring (bicyclic) bond motifs is 3. The van der Waals surface area contributed by atoms with Crippen molar-refractivity contribution >= 4 is 21.6 Å². The molecule has 1 aliphatic carbocycles. The van der Waals surface area contributed by atoms with E-state index < -0.39 is 0 Å². The highest BCUT2D eigenvalue weighted by atomic mass is 32.1. The Morgan fingerprint density at radius 1 is 1.26 bits per heavy atom. The van der Waals surface area contributed by atoms with Gasteiger partial charge in [0.05, 0.1) is 18.3 Å². The van der Waals surface area contributed by atoms with Crippen LogP contribution in [0.3, 0.4) is 0 Å². The highest BCUT2D eigenvalue weighted by molar-refractivity contribution is 7.18. The van der Waals surface area contributed by atoms with E-state index in [1.807, 2.05) is 30.3 Å². The van der Waals surface area contributed by atoms with E-state index in [0.29, 0.717) is 24.5 Å². The van der Waals surface area contributed by atoms with Crippen LogP contribution in [-0.2, 0) is 19.4 Å². The second-order valence-electron chi connectivity index (χ2n) is 8.39. The van der Waals surface area contributed by atoms with Gasteiger partial charge >= 0.3 is 0 Å². The molecule has 0 aliphatic heterocycles. The van der Waals surface area contributed by atoms with Crippen molar-refractivity contribution in [2.45, 2.75) is 46.6 Å². The number of aryl methyl sites for hydroxylation is 1. The van der Waals surface area contributed by atoms with Crippen molar-refractivity contribution in [1.29, 1.82) is 0 Å². The Kier molecular flexibility index (Phi) is 4.81. The maximum Gasteiger partial charge on any atom is 0.262 e. The van der Waals surface area contributed by atoms with Gasteiger partial charge in [0.15, 0.2) is 0 Å². The lowest BCUT2D eigenvalue weighted by Crippen LogP contribution is -2.27. The van der Waals surface area contributed by atoms with Crippen LogP contribution in [-0.4, -0.2) is 16.2 Å². The quantitative estimate of drug-likeness (QED) is 0.658. The van der Waals surface area contributed by atoms with Crippen molar-refractivity contribution in [3.63, 3.8) is 0 Å². The zero-order valence-electron chi connectivity index (χ0n) is 16.2. The normalized spacial score (nSPS) is 17.1. The molecular weight excluding hydrogens is 356 g/mol. The second kappa shape index (κ2) is 7.12. The summed E-state index contributed by atoms with van der Waals surface area (Å²) in [6.07, 6.45) is 4.87. The van der Waals surface area contributed by atoms with Crippen LogP contribution in [0, 0.1) is 11.3 Å². The van der Waals surface area contributed by atoms with Crippen LogP contribution in [0.15, 0.2) is 41.5 Å². The Morgan fingerprint density at radius 3 is 2.78 bits per heavy atom. The van der Waals surface area contributed by atoms with E-state index in [-0.39, 0.29) is 5.56 Å². The van der Waals surface area contributed by atoms with Crippen LogP contribution in [0.25, 0.3) is 10.2 Å². The number of hydrogen-bond acceptors (Lipinski definition) is 4. The highest BCUT2D eigenvalue weighted by Crippen LogP contribution is 2.41. The molecule has 2 aromatic heterocycles. The molecule has 0 unspecified atom stereocenters. The molecule has 0 bridgehead atoms. The third kappa shape index (κ3) is 3.65. The molecule has 1 aromatic carbocycles. The summed E-state index contributed by atoms with van der Waals surface area (Å²) >= 11 is 1.71. The van der Waals surface area contributed by atoms with Crippen LogP contribution < -0.4 is 10.3 Å². The van der Waals surface area contributed by atoms with Gasteiger partial charge in [-0.1, -0.05) is 39.0 Å². The van der Waals surface area contributed by atoms with Gasteiger partial charge in [0.1, 0.15) is 17.2 Å². The maximum absolute atomic E-state index is 13.1. The van der Waals surface area contributed by atoms with Gasteiger partial charge in [0.2, 0.25) is 0 Å². The van der Waals surface area contributed by atoms with Gasteiger partial charge in [-0.3, -0.25) is 9.36 Å². The summed E-state index contributed by atoms with van der Waals surface area (Å²) in [4.78, 5) is 19.9. The molecule has 4 nitrogen and oxygen atoms in total. The largest absolute Gasteiger partial charge is 0.492 e. The number of hydrogen-bond donors (Lipinski definition) is 0. The summed E-state index contributed by atoms with van der Waals surface area (Å²) in [5, 5.41) is 0.838. The van der Waals surface area contributed by atoms with Gasteiger partial charge in [0.25, 0.3) is 5.56 Å². The van der Waals surface area contributed by atoms with E-state index in [0.717, 1.165) is 35.2 Å². The molecule has 4 rings (SSSR count). The molecule has 0 N–H and O–H groups in total. The molecule has 1 atom stereocenters. The summed E-state index contributed by atoms with van der Waals surface area (Å²) in [6, 6.07) is 9.69. The van der Waals surface area contributed by atoms with E-state index in [9.17, 15) is 4.79 Å². The fraction of sp³-hybridized carbons (Fsp3) is 0.455. The summed E-state index contributed by atoms with van der Waals surface area (Å²) < 4.78 is 7.43. The molecule has 0 radical (unpaired) electrons. The van der Waals surface area contributed by atoms with Crippen molar-refractivity contribution in [3.8, 4) is 5.75 Å². The highest BCUT2D eigenvalue weighted by Gasteiger charge is 2.31. The third-order valence-electron chi connectivity index (χ3n) is 5.60. The molecule has 1 aliphatic rings. The molecule has 0 saturated carbocycles. The zero-order chi connectivity index (χ0) is 19.0. The average molecular weight is 383 g/mol. The molecule has 142 valence electrons. The van der Waals surface area contributed by atoms with Gasteiger partial charge in [-0.2, -0.15) is 0 Å². The number of para-hydroxylation sites is 1. The molecule has 0 amide bonds. The van der Waals surface area contributed by atoms with E-state index in [4.69, 9.17) is 4.74 Å².